The van der Waals surface area contributed by atoms with Gasteiger partial charge in [-0.15, -0.1) is 10.2 Å². The van der Waals surface area contributed by atoms with Gasteiger partial charge in [0.05, 0.1) is 11.6 Å². The van der Waals surface area contributed by atoms with E-state index in [4.69, 9.17) is 33.8 Å². The van der Waals surface area contributed by atoms with E-state index in [-0.39, 0.29) is 0 Å². The van der Waals surface area contributed by atoms with E-state index in [9.17, 15) is 0 Å². The summed E-state index contributed by atoms with van der Waals surface area (Å²) in [7, 11) is 0. The topological polar surface area (TPSA) is 66.0 Å². The van der Waals surface area contributed by atoms with Crippen LogP contribution in [0, 0.1) is 0 Å². The molecule has 0 saturated heterocycles. The number of ether oxygens (including phenoxy) is 1. The molecule has 2 aromatic carbocycles. The lowest BCUT2D eigenvalue weighted by Crippen LogP contribution is -2.12. The van der Waals surface area contributed by atoms with Crippen LogP contribution in [-0.4, -0.2) is 27.2 Å². The average Bonchev–Trinajstić information content (AvgIpc) is 2.95. The van der Waals surface area contributed by atoms with Crippen LogP contribution in [0.4, 0.5) is 0 Å². The maximum absolute atomic E-state index is 6.18. The zero-order valence-corrected chi connectivity index (χ0v) is 14.9. The SMILES string of the molecule is Nn1c(SCCOc2ccccc2)nnc1-c1cc(Cl)ccc1Cl. The molecule has 0 spiro atoms. The average molecular weight is 381 g/mol. The minimum atomic E-state index is 0.467. The molecule has 8 heteroatoms. The van der Waals surface area contributed by atoms with Crippen LogP contribution in [0.25, 0.3) is 11.4 Å². The molecule has 2 N–H and O–H groups in total. The number of aromatic nitrogens is 3. The fraction of sp³-hybridized carbons (Fsp3) is 0.125. The van der Waals surface area contributed by atoms with Crippen molar-refractivity contribution in [3.8, 4) is 17.1 Å². The van der Waals surface area contributed by atoms with Crippen molar-refractivity contribution in [1.29, 1.82) is 0 Å². The van der Waals surface area contributed by atoms with E-state index in [0.29, 0.717) is 38.9 Å². The summed E-state index contributed by atoms with van der Waals surface area (Å²) in [4.78, 5) is 0. The Kier molecular flexibility index (Phi) is 5.50. The second-order valence-electron chi connectivity index (χ2n) is 4.81. The third-order valence-electron chi connectivity index (χ3n) is 3.16. The van der Waals surface area contributed by atoms with Gasteiger partial charge in [-0.1, -0.05) is 53.2 Å². The van der Waals surface area contributed by atoms with E-state index < -0.39 is 0 Å². The van der Waals surface area contributed by atoms with Crippen molar-refractivity contribution in [3.05, 3.63) is 58.6 Å². The minimum Gasteiger partial charge on any atom is -0.493 e. The molecule has 0 aliphatic heterocycles. The maximum Gasteiger partial charge on any atom is 0.210 e. The molecular formula is C16H14Cl2N4OS. The molecular weight excluding hydrogens is 367 g/mol. The largest absolute Gasteiger partial charge is 0.493 e. The first kappa shape index (κ1) is 17.0. The molecule has 24 heavy (non-hydrogen) atoms. The van der Waals surface area contributed by atoms with E-state index in [2.05, 4.69) is 10.2 Å². The highest BCUT2D eigenvalue weighted by atomic mass is 35.5. The van der Waals surface area contributed by atoms with Gasteiger partial charge >= 0.3 is 0 Å². The normalized spacial score (nSPS) is 10.8. The Labute approximate surface area is 153 Å². The van der Waals surface area contributed by atoms with Crippen LogP contribution < -0.4 is 10.6 Å². The van der Waals surface area contributed by atoms with Crippen LogP contribution >= 0.6 is 35.0 Å². The molecule has 1 aromatic heterocycles. The molecule has 0 atom stereocenters. The highest BCUT2D eigenvalue weighted by molar-refractivity contribution is 7.99. The summed E-state index contributed by atoms with van der Waals surface area (Å²) < 4.78 is 7.04. The molecule has 0 unspecified atom stereocenters. The molecule has 0 aliphatic rings. The number of nitrogens with zero attached hydrogens (tertiary/aromatic N) is 3. The van der Waals surface area contributed by atoms with Crippen molar-refractivity contribution >= 4 is 35.0 Å². The summed E-state index contributed by atoms with van der Waals surface area (Å²) in [6.45, 7) is 0.537. The Hall–Kier alpha value is -1.89. The third-order valence-corrected chi connectivity index (χ3v) is 4.63. The van der Waals surface area contributed by atoms with Gasteiger partial charge in [0.2, 0.25) is 5.16 Å². The quantitative estimate of drug-likeness (QED) is 0.395. The first-order chi connectivity index (χ1) is 11.6. The van der Waals surface area contributed by atoms with Crippen molar-refractivity contribution in [2.45, 2.75) is 5.16 Å². The van der Waals surface area contributed by atoms with Gasteiger partial charge in [0.25, 0.3) is 0 Å². The molecule has 0 fully saturated rings. The van der Waals surface area contributed by atoms with E-state index in [0.717, 1.165) is 5.75 Å². The Bertz CT molecular complexity index is 826. The zero-order valence-electron chi connectivity index (χ0n) is 12.5. The lowest BCUT2D eigenvalue weighted by molar-refractivity contribution is 0.344. The van der Waals surface area contributed by atoms with Crippen LogP contribution in [0.15, 0.2) is 53.7 Å². The Balaban J connectivity index is 1.64. The van der Waals surface area contributed by atoms with E-state index in [1.54, 1.807) is 18.2 Å². The van der Waals surface area contributed by atoms with E-state index in [1.165, 1.54) is 16.4 Å². The molecule has 0 bridgehead atoms. The summed E-state index contributed by atoms with van der Waals surface area (Å²) in [5, 5.41) is 9.86. The number of nitrogens with two attached hydrogens (primary N) is 1. The third kappa shape index (κ3) is 3.95. The Morgan fingerprint density at radius 2 is 1.88 bits per heavy atom. The fourth-order valence-electron chi connectivity index (χ4n) is 2.04. The lowest BCUT2D eigenvalue weighted by Gasteiger charge is -2.07. The summed E-state index contributed by atoms with van der Waals surface area (Å²) in [5.74, 6) is 8.06. The van der Waals surface area contributed by atoms with Gasteiger partial charge < -0.3 is 10.6 Å². The number of benzene rings is 2. The van der Waals surface area contributed by atoms with Crippen molar-refractivity contribution in [1.82, 2.24) is 14.9 Å². The second-order valence-corrected chi connectivity index (χ2v) is 6.72. The first-order valence-corrected chi connectivity index (χ1v) is 8.86. The summed E-state index contributed by atoms with van der Waals surface area (Å²) in [5.41, 5.74) is 0.645. The van der Waals surface area contributed by atoms with Gasteiger partial charge in [-0.3, -0.25) is 0 Å². The molecule has 0 amide bonds. The van der Waals surface area contributed by atoms with Gasteiger partial charge in [-0.2, -0.15) is 0 Å². The number of halogens is 2. The highest BCUT2D eigenvalue weighted by Crippen LogP contribution is 2.30. The number of hydrogen-bond acceptors (Lipinski definition) is 5. The molecule has 3 aromatic rings. The van der Waals surface area contributed by atoms with Crippen LogP contribution in [0.2, 0.25) is 10.0 Å². The monoisotopic (exact) mass is 380 g/mol. The predicted octanol–water partition coefficient (Wildman–Crippen LogP) is 4.14. The number of para-hydroxylation sites is 1. The molecule has 0 radical (unpaired) electrons. The maximum atomic E-state index is 6.18. The first-order valence-electron chi connectivity index (χ1n) is 7.11. The van der Waals surface area contributed by atoms with Crippen molar-refractivity contribution < 1.29 is 4.74 Å². The number of hydrogen-bond donors (Lipinski definition) is 1. The Morgan fingerprint density at radius 3 is 2.67 bits per heavy atom. The number of thioether (sulfide) groups is 1. The fourth-order valence-corrected chi connectivity index (χ4v) is 3.08. The van der Waals surface area contributed by atoms with Crippen LogP contribution in [0.5, 0.6) is 5.75 Å². The van der Waals surface area contributed by atoms with Gasteiger partial charge in [0.1, 0.15) is 5.75 Å². The van der Waals surface area contributed by atoms with Gasteiger partial charge in [-0.05, 0) is 30.3 Å². The molecule has 1 heterocycles. The summed E-state index contributed by atoms with van der Waals surface area (Å²) >= 11 is 13.6. The van der Waals surface area contributed by atoms with Crippen LogP contribution in [0.1, 0.15) is 0 Å². The summed E-state index contributed by atoms with van der Waals surface area (Å²) in [6.07, 6.45) is 0. The van der Waals surface area contributed by atoms with E-state index in [1.807, 2.05) is 30.3 Å². The zero-order chi connectivity index (χ0) is 16.9. The van der Waals surface area contributed by atoms with Crippen molar-refractivity contribution in [3.63, 3.8) is 0 Å². The minimum absolute atomic E-state index is 0.467. The molecule has 0 aliphatic carbocycles. The van der Waals surface area contributed by atoms with Crippen molar-refractivity contribution in [2.75, 3.05) is 18.2 Å². The highest BCUT2D eigenvalue weighted by Gasteiger charge is 2.15. The lowest BCUT2D eigenvalue weighted by atomic mass is 10.2. The van der Waals surface area contributed by atoms with E-state index >= 15 is 0 Å². The molecule has 5 nitrogen and oxygen atoms in total. The van der Waals surface area contributed by atoms with Crippen LogP contribution in [0.3, 0.4) is 0 Å². The van der Waals surface area contributed by atoms with Crippen molar-refractivity contribution in [2.24, 2.45) is 0 Å². The molecule has 0 saturated carbocycles. The second kappa shape index (κ2) is 7.79. The summed E-state index contributed by atoms with van der Waals surface area (Å²) in [6, 6.07) is 14.8. The van der Waals surface area contributed by atoms with Crippen LogP contribution in [-0.2, 0) is 0 Å². The Morgan fingerprint density at radius 1 is 1.08 bits per heavy atom. The smallest absolute Gasteiger partial charge is 0.210 e. The van der Waals surface area contributed by atoms with Gasteiger partial charge in [0.15, 0.2) is 5.82 Å². The standard InChI is InChI=1S/C16H14Cl2N4OS/c17-11-6-7-14(18)13(10-11)15-20-21-16(22(15)19)24-9-8-23-12-4-2-1-3-5-12/h1-7,10H,8-9,19H2. The number of nitrogen functional groups attached to an aromatic ring is 1. The van der Waals surface area contributed by atoms with Gasteiger partial charge in [0, 0.05) is 16.3 Å². The number of rotatable bonds is 6. The van der Waals surface area contributed by atoms with Gasteiger partial charge in [-0.25, -0.2) is 4.68 Å². The molecule has 124 valence electrons. The predicted molar refractivity (Wildman–Crippen MR) is 98.3 cm³/mol. The molecule has 3 rings (SSSR count).